The molecule has 1 atom stereocenters. The predicted octanol–water partition coefficient (Wildman–Crippen LogP) is 2.10. The molecule has 2 heterocycles. The Morgan fingerprint density at radius 1 is 1.28 bits per heavy atom. The van der Waals surface area contributed by atoms with E-state index < -0.39 is 9.84 Å². The number of sulfone groups is 1. The second-order valence-corrected chi connectivity index (χ2v) is 8.59. The van der Waals surface area contributed by atoms with E-state index in [4.69, 9.17) is 11.6 Å². The van der Waals surface area contributed by atoms with E-state index in [1.165, 1.54) is 12.4 Å². The molecule has 1 aliphatic rings. The van der Waals surface area contributed by atoms with Crippen molar-refractivity contribution in [2.75, 3.05) is 16.8 Å². The number of rotatable bonds is 4. The summed E-state index contributed by atoms with van der Waals surface area (Å²) in [5.74, 6) is 0.0380. The first-order valence-corrected chi connectivity index (χ1v) is 9.89. The van der Waals surface area contributed by atoms with Crippen LogP contribution in [0.25, 0.3) is 0 Å². The largest absolute Gasteiger partial charge is 0.348 e. The number of nitrogens with zero attached hydrogens (tertiary/aromatic N) is 2. The van der Waals surface area contributed by atoms with E-state index >= 15 is 0 Å². The fourth-order valence-corrected chi connectivity index (χ4v) is 4.34. The van der Waals surface area contributed by atoms with E-state index in [9.17, 15) is 13.2 Å². The van der Waals surface area contributed by atoms with Crippen LogP contribution in [0.5, 0.6) is 0 Å². The van der Waals surface area contributed by atoms with Crippen molar-refractivity contribution in [3.05, 3.63) is 46.7 Å². The lowest BCUT2D eigenvalue weighted by Gasteiger charge is -2.11. The molecule has 1 aromatic heterocycles. The summed E-state index contributed by atoms with van der Waals surface area (Å²) in [7, 11) is -3.04. The molecular weight excluding hydrogens is 364 g/mol. The zero-order valence-corrected chi connectivity index (χ0v) is 15.1. The lowest BCUT2D eigenvalue weighted by Crippen LogP contribution is -2.35. The van der Waals surface area contributed by atoms with Gasteiger partial charge in [-0.3, -0.25) is 4.79 Å². The number of carbonyl (C=O) groups is 1. The minimum absolute atomic E-state index is 0.0204. The highest BCUT2D eigenvalue weighted by atomic mass is 35.5. The molecule has 3 rings (SSSR count). The zero-order valence-electron chi connectivity index (χ0n) is 13.5. The van der Waals surface area contributed by atoms with Gasteiger partial charge in [0.15, 0.2) is 9.84 Å². The second kappa shape index (κ2) is 6.97. The SMILES string of the molecule is Cc1ccc(Nc2ncc(C(=O)NC3CCS(=O)(=O)C3)cn2)cc1Cl. The summed E-state index contributed by atoms with van der Waals surface area (Å²) in [6, 6.07) is 5.14. The zero-order chi connectivity index (χ0) is 18.0. The minimum atomic E-state index is -3.04. The van der Waals surface area contributed by atoms with Crippen LogP contribution < -0.4 is 10.6 Å². The molecule has 1 amide bonds. The second-order valence-electron chi connectivity index (χ2n) is 5.96. The summed E-state index contributed by atoms with van der Waals surface area (Å²) < 4.78 is 22.9. The van der Waals surface area contributed by atoms with Gasteiger partial charge in [-0.05, 0) is 31.0 Å². The molecule has 9 heteroatoms. The highest BCUT2D eigenvalue weighted by Gasteiger charge is 2.29. The molecule has 0 radical (unpaired) electrons. The van der Waals surface area contributed by atoms with Crippen LogP contribution in [0, 0.1) is 6.92 Å². The Balaban J connectivity index is 1.63. The van der Waals surface area contributed by atoms with Crippen LogP contribution in [0.2, 0.25) is 5.02 Å². The van der Waals surface area contributed by atoms with E-state index in [0.717, 1.165) is 11.3 Å². The Bertz CT molecular complexity index is 900. The van der Waals surface area contributed by atoms with Crippen molar-refractivity contribution in [2.24, 2.45) is 0 Å². The van der Waals surface area contributed by atoms with Gasteiger partial charge in [0.05, 0.1) is 17.1 Å². The number of amides is 1. The summed E-state index contributed by atoms with van der Waals surface area (Å²) >= 11 is 6.07. The maximum atomic E-state index is 12.1. The molecule has 1 aromatic carbocycles. The van der Waals surface area contributed by atoms with Gasteiger partial charge in [0.2, 0.25) is 5.95 Å². The number of aryl methyl sites for hydroxylation is 1. The van der Waals surface area contributed by atoms with Crippen LogP contribution in [0.1, 0.15) is 22.3 Å². The van der Waals surface area contributed by atoms with Crippen molar-refractivity contribution in [1.29, 1.82) is 0 Å². The summed E-state index contributed by atoms with van der Waals surface area (Å²) in [5.41, 5.74) is 1.98. The summed E-state index contributed by atoms with van der Waals surface area (Å²) in [6.07, 6.45) is 3.22. The smallest absolute Gasteiger partial charge is 0.254 e. The molecule has 0 saturated carbocycles. The van der Waals surface area contributed by atoms with Gasteiger partial charge in [-0.2, -0.15) is 0 Å². The van der Waals surface area contributed by atoms with Crippen molar-refractivity contribution < 1.29 is 13.2 Å². The Kier molecular flexibility index (Phi) is 4.91. The van der Waals surface area contributed by atoms with E-state index in [1.807, 2.05) is 19.1 Å². The first-order chi connectivity index (χ1) is 11.8. The summed E-state index contributed by atoms with van der Waals surface area (Å²) in [5, 5.41) is 6.33. The maximum absolute atomic E-state index is 12.1. The highest BCUT2D eigenvalue weighted by Crippen LogP contribution is 2.21. The molecule has 1 unspecified atom stereocenters. The third-order valence-electron chi connectivity index (χ3n) is 3.91. The molecule has 2 aromatic rings. The average Bonchev–Trinajstić information content (AvgIpc) is 2.90. The van der Waals surface area contributed by atoms with Gasteiger partial charge in [-0.1, -0.05) is 17.7 Å². The van der Waals surface area contributed by atoms with Crippen molar-refractivity contribution in [2.45, 2.75) is 19.4 Å². The van der Waals surface area contributed by atoms with Gasteiger partial charge in [0.1, 0.15) is 0 Å². The van der Waals surface area contributed by atoms with Crippen LogP contribution in [0.3, 0.4) is 0 Å². The highest BCUT2D eigenvalue weighted by molar-refractivity contribution is 7.91. The van der Waals surface area contributed by atoms with Crippen molar-refractivity contribution in [3.63, 3.8) is 0 Å². The topological polar surface area (TPSA) is 101 Å². The van der Waals surface area contributed by atoms with Crippen LogP contribution in [-0.2, 0) is 9.84 Å². The summed E-state index contributed by atoms with van der Waals surface area (Å²) in [4.78, 5) is 20.4. The fraction of sp³-hybridized carbons (Fsp3) is 0.312. The molecule has 1 fully saturated rings. The average molecular weight is 381 g/mol. The Morgan fingerprint density at radius 2 is 2.00 bits per heavy atom. The number of benzene rings is 1. The Hall–Kier alpha value is -2.19. The number of hydrogen-bond acceptors (Lipinski definition) is 6. The first-order valence-electron chi connectivity index (χ1n) is 7.69. The minimum Gasteiger partial charge on any atom is -0.348 e. The lowest BCUT2D eigenvalue weighted by molar-refractivity contribution is 0.0940. The normalized spacial score (nSPS) is 18.7. The molecule has 0 aliphatic carbocycles. The van der Waals surface area contributed by atoms with Gasteiger partial charge >= 0.3 is 0 Å². The molecule has 0 spiro atoms. The van der Waals surface area contributed by atoms with E-state index in [-0.39, 0.29) is 29.0 Å². The van der Waals surface area contributed by atoms with Crippen molar-refractivity contribution in [1.82, 2.24) is 15.3 Å². The number of aromatic nitrogens is 2. The predicted molar refractivity (Wildman–Crippen MR) is 96.0 cm³/mol. The molecule has 1 aliphatic heterocycles. The van der Waals surface area contributed by atoms with Crippen molar-refractivity contribution in [3.8, 4) is 0 Å². The van der Waals surface area contributed by atoms with Crippen LogP contribution >= 0.6 is 11.6 Å². The lowest BCUT2D eigenvalue weighted by atomic mass is 10.2. The van der Waals surface area contributed by atoms with Gasteiger partial charge in [0, 0.05) is 29.1 Å². The summed E-state index contributed by atoms with van der Waals surface area (Å²) in [6.45, 7) is 1.91. The van der Waals surface area contributed by atoms with Gasteiger partial charge in [-0.25, -0.2) is 18.4 Å². The van der Waals surface area contributed by atoms with Crippen molar-refractivity contribution >= 4 is 39.0 Å². The molecule has 1 saturated heterocycles. The standard InChI is InChI=1S/C16H17ClN4O3S/c1-10-2-3-12(6-14(10)17)21-16-18-7-11(8-19-16)15(22)20-13-4-5-25(23,24)9-13/h2-3,6-8,13H,4-5,9H2,1H3,(H,20,22)(H,18,19,21). The van der Waals surface area contributed by atoms with E-state index in [0.29, 0.717) is 17.4 Å². The van der Waals surface area contributed by atoms with E-state index in [2.05, 4.69) is 20.6 Å². The number of carbonyl (C=O) groups excluding carboxylic acids is 1. The maximum Gasteiger partial charge on any atom is 0.254 e. The molecule has 7 nitrogen and oxygen atoms in total. The molecule has 132 valence electrons. The van der Waals surface area contributed by atoms with Crippen LogP contribution in [-0.4, -0.2) is 41.8 Å². The number of hydrogen-bond donors (Lipinski definition) is 2. The monoisotopic (exact) mass is 380 g/mol. The molecular formula is C16H17ClN4O3S. The third-order valence-corrected chi connectivity index (χ3v) is 6.08. The van der Waals surface area contributed by atoms with Gasteiger partial charge in [-0.15, -0.1) is 0 Å². The van der Waals surface area contributed by atoms with Gasteiger partial charge in [0.25, 0.3) is 5.91 Å². The Labute approximate surface area is 150 Å². The molecule has 25 heavy (non-hydrogen) atoms. The fourth-order valence-electron chi connectivity index (χ4n) is 2.49. The third kappa shape index (κ3) is 4.46. The number of anilines is 2. The van der Waals surface area contributed by atoms with E-state index in [1.54, 1.807) is 6.07 Å². The molecule has 2 N–H and O–H groups in total. The van der Waals surface area contributed by atoms with Crippen LogP contribution in [0.4, 0.5) is 11.6 Å². The first kappa shape index (κ1) is 17.6. The molecule has 0 bridgehead atoms. The van der Waals surface area contributed by atoms with Crippen LogP contribution in [0.15, 0.2) is 30.6 Å². The quantitative estimate of drug-likeness (QED) is 0.842. The Morgan fingerprint density at radius 3 is 2.60 bits per heavy atom. The number of nitrogens with one attached hydrogen (secondary N) is 2. The van der Waals surface area contributed by atoms with Gasteiger partial charge < -0.3 is 10.6 Å². The number of halogens is 1.